The molecule has 1 heterocycles. The van der Waals surface area contributed by atoms with Gasteiger partial charge >= 0.3 is 0 Å². The zero-order valence-corrected chi connectivity index (χ0v) is 6.96. The number of hydrogen-bond acceptors (Lipinski definition) is 2. The Morgan fingerprint density at radius 1 is 1.33 bits per heavy atom. The van der Waals surface area contributed by atoms with Gasteiger partial charge < -0.3 is 10.4 Å². The van der Waals surface area contributed by atoms with Gasteiger partial charge in [-0.15, -0.1) is 0 Å². The molecule has 64 valence electrons. The van der Waals surface area contributed by atoms with Crippen molar-refractivity contribution in [1.82, 2.24) is 0 Å². The Balaban J connectivity index is 2.31. The minimum Gasteiger partial charge on any atom is -0.374 e. The summed E-state index contributed by atoms with van der Waals surface area (Å²) in [6.45, 7) is 0. The molecular weight excluding hydrogens is 150 g/mol. The molecule has 0 aliphatic carbocycles. The van der Waals surface area contributed by atoms with E-state index < -0.39 is 0 Å². The average molecular weight is 163 g/mol. The first-order valence-corrected chi connectivity index (χ1v) is 4.39. The summed E-state index contributed by atoms with van der Waals surface area (Å²) in [7, 11) is 0. The van der Waals surface area contributed by atoms with Crippen molar-refractivity contribution in [2.45, 2.75) is 25.5 Å². The second-order valence-corrected chi connectivity index (χ2v) is 3.21. The van der Waals surface area contributed by atoms with E-state index in [0.717, 1.165) is 24.9 Å². The molecule has 0 radical (unpaired) electrons. The first-order chi connectivity index (χ1) is 5.86. The van der Waals surface area contributed by atoms with Gasteiger partial charge in [-0.3, -0.25) is 0 Å². The van der Waals surface area contributed by atoms with Crippen LogP contribution < -0.4 is 5.32 Å². The number of benzene rings is 1. The molecule has 1 aromatic rings. The minimum absolute atomic E-state index is 0.367. The third-order valence-electron chi connectivity index (χ3n) is 2.26. The summed E-state index contributed by atoms with van der Waals surface area (Å²) in [4.78, 5) is 0. The van der Waals surface area contributed by atoms with Gasteiger partial charge in [0.2, 0.25) is 0 Å². The van der Waals surface area contributed by atoms with Crippen molar-refractivity contribution >= 4 is 5.69 Å². The number of anilines is 1. The van der Waals surface area contributed by atoms with Gasteiger partial charge in [0.15, 0.2) is 0 Å². The molecule has 0 spiro atoms. The molecule has 0 bridgehead atoms. The van der Waals surface area contributed by atoms with E-state index in [1.807, 2.05) is 18.2 Å². The van der Waals surface area contributed by atoms with Crippen molar-refractivity contribution in [3.63, 3.8) is 0 Å². The fourth-order valence-electron chi connectivity index (χ4n) is 1.62. The van der Waals surface area contributed by atoms with Gasteiger partial charge in [0.25, 0.3) is 0 Å². The minimum atomic E-state index is -0.367. The Morgan fingerprint density at radius 2 is 2.17 bits per heavy atom. The van der Waals surface area contributed by atoms with Crippen molar-refractivity contribution in [1.29, 1.82) is 0 Å². The third-order valence-corrected chi connectivity index (χ3v) is 2.26. The van der Waals surface area contributed by atoms with Crippen LogP contribution in [0, 0.1) is 0 Å². The second-order valence-electron chi connectivity index (χ2n) is 3.21. The average Bonchev–Trinajstić information content (AvgIpc) is 2.25. The molecule has 0 amide bonds. The van der Waals surface area contributed by atoms with E-state index in [1.54, 1.807) is 0 Å². The zero-order chi connectivity index (χ0) is 8.39. The Hall–Kier alpha value is -1.02. The third kappa shape index (κ3) is 1.43. The largest absolute Gasteiger partial charge is 0.374 e. The topological polar surface area (TPSA) is 32.3 Å². The van der Waals surface area contributed by atoms with Crippen LogP contribution in [-0.2, 0) is 6.42 Å². The van der Waals surface area contributed by atoms with Crippen molar-refractivity contribution in [2.75, 3.05) is 5.32 Å². The lowest BCUT2D eigenvalue weighted by molar-refractivity contribution is 0.192. The number of aryl methyl sites for hydroxylation is 1. The standard InChI is InChI=1S/C10H13NO/c12-10-7-3-5-8-4-1-2-6-9(8)11-10/h1-2,4,6,10-12H,3,5,7H2. The number of aliphatic hydroxyl groups is 1. The Bertz CT molecular complexity index is 272. The van der Waals surface area contributed by atoms with Crippen LogP contribution in [0.2, 0.25) is 0 Å². The Morgan fingerprint density at radius 3 is 3.08 bits per heavy atom. The highest BCUT2D eigenvalue weighted by atomic mass is 16.3. The highest BCUT2D eigenvalue weighted by Crippen LogP contribution is 2.22. The smallest absolute Gasteiger partial charge is 0.124 e. The molecule has 0 aromatic heterocycles. The first-order valence-electron chi connectivity index (χ1n) is 4.39. The van der Waals surface area contributed by atoms with Crippen LogP contribution in [0.5, 0.6) is 0 Å². The van der Waals surface area contributed by atoms with E-state index in [1.165, 1.54) is 5.56 Å². The van der Waals surface area contributed by atoms with Crippen LogP contribution in [0.4, 0.5) is 5.69 Å². The van der Waals surface area contributed by atoms with Crippen LogP contribution in [0.3, 0.4) is 0 Å². The molecule has 1 atom stereocenters. The number of fused-ring (bicyclic) bond motifs is 1. The summed E-state index contributed by atoms with van der Waals surface area (Å²) in [5, 5.41) is 12.5. The number of rotatable bonds is 0. The van der Waals surface area contributed by atoms with Gasteiger partial charge in [-0.2, -0.15) is 0 Å². The molecule has 12 heavy (non-hydrogen) atoms. The Kier molecular flexibility index (Phi) is 2.00. The van der Waals surface area contributed by atoms with Gasteiger partial charge in [0.1, 0.15) is 6.23 Å². The van der Waals surface area contributed by atoms with Crippen molar-refractivity contribution in [3.05, 3.63) is 29.8 Å². The predicted octanol–water partition coefficient (Wildman–Crippen LogP) is 1.75. The van der Waals surface area contributed by atoms with Gasteiger partial charge in [0, 0.05) is 5.69 Å². The van der Waals surface area contributed by atoms with Crippen LogP contribution >= 0.6 is 0 Å². The number of aliphatic hydroxyl groups excluding tert-OH is 1. The van der Waals surface area contributed by atoms with E-state index in [4.69, 9.17) is 0 Å². The van der Waals surface area contributed by atoms with Crippen LogP contribution in [0.1, 0.15) is 18.4 Å². The van der Waals surface area contributed by atoms with E-state index in [-0.39, 0.29) is 6.23 Å². The Labute approximate surface area is 72.2 Å². The van der Waals surface area contributed by atoms with Crippen LogP contribution in [0.25, 0.3) is 0 Å². The number of nitrogens with one attached hydrogen (secondary N) is 1. The highest BCUT2D eigenvalue weighted by molar-refractivity contribution is 5.52. The second kappa shape index (κ2) is 3.15. The fraction of sp³-hybridized carbons (Fsp3) is 0.400. The van der Waals surface area contributed by atoms with E-state index in [2.05, 4.69) is 11.4 Å². The predicted molar refractivity (Wildman–Crippen MR) is 49.0 cm³/mol. The van der Waals surface area contributed by atoms with E-state index in [9.17, 15) is 5.11 Å². The molecule has 2 heteroatoms. The van der Waals surface area contributed by atoms with Crippen molar-refractivity contribution < 1.29 is 5.11 Å². The summed E-state index contributed by atoms with van der Waals surface area (Å²) in [6, 6.07) is 8.16. The van der Waals surface area contributed by atoms with Crippen LogP contribution in [-0.4, -0.2) is 11.3 Å². The number of para-hydroxylation sites is 1. The summed E-state index contributed by atoms with van der Waals surface area (Å²) in [5.74, 6) is 0. The molecule has 0 saturated carbocycles. The molecule has 1 aliphatic heterocycles. The monoisotopic (exact) mass is 163 g/mol. The quantitative estimate of drug-likeness (QED) is 0.610. The lowest BCUT2D eigenvalue weighted by Crippen LogP contribution is -2.16. The summed E-state index contributed by atoms with van der Waals surface area (Å²) in [6.07, 6.45) is 2.61. The van der Waals surface area contributed by atoms with Gasteiger partial charge in [-0.1, -0.05) is 18.2 Å². The molecular formula is C10H13NO. The van der Waals surface area contributed by atoms with Crippen molar-refractivity contribution in [3.8, 4) is 0 Å². The lowest BCUT2D eigenvalue weighted by atomic mass is 10.1. The molecule has 2 nitrogen and oxygen atoms in total. The lowest BCUT2D eigenvalue weighted by Gasteiger charge is -2.11. The SMILES string of the molecule is OC1CCCc2ccccc2N1. The maximum Gasteiger partial charge on any atom is 0.124 e. The fourth-order valence-corrected chi connectivity index (χ4v) is 1.62. The molecule has 1 aromatic carbocycles. The molecule has 1 aliphatic rings. The van der Waals surface area contributed by atoms with Gasteiger partial charge in [0.05, 0.1) is 0 Å². The first kappa shape index (κ1) is 7.62. The van der Waals surface area contributed by atoms with E-state index in [0.29, 0.717) is 0 Å². The van der Waals surface area contributed by atoms with Gasteiger partial charge in [-0.25, -0.2) is 0 Å². The van der Waals surface area contributed by atoms with Gasteiger partial charge in [-0.05, 0) is 30.9 Å². The summed E-state index contributed by atoms with van der Waals surface area (Å²) < 4.78 is 0. The normalized spacial score (nSPS) is 22.2. The number of hydrogen-bond donors (Lipinski definition) is 2. The molecule has 0 saturated heterocycles. The molecule has 2 N–H and O–H groups in total. The molecule has 2 rings (SSSR count). The summed E-state index contributed by atoms with van der Waals surface area (Å²) in [5.41, 5.74) is 2.40. The van der Waals surface area contributed by atoms with Crippen molar-refractivity contribution in [2.24, 2.45) is 0 Å². The zero-order valence-electron chi connectivity index (χ0n) is 6.96. The maximum atomic E-state index is 9.42. The summed E-state index contributed by atoms with van der Waals surface area (Å²) >= 11 is 0. The highest BCUT2D eigenvalue weighted by Gasteiger charge is 2.11. The molecule has 1 unspecified atom stereocenters. The van der Waals surface area contributed by atoms with E-state index >= 15 is 0 Å². The molecule has 0 fully saturated rings. The van der Waals surface area contributed by atoms with Crippen LogP contribution in [0.15, 0.2) is 24.3 Å². The maximum absolute atomic E-state index is 9.42.